The largest absolute Gasteiger partial charge is 0.504 e. The SMILES string of the molecule is CC(=O)O.CC(=O)O.CN[C@@H]1c2c(cc(C)c(OC)c2O)CCCN([C@@H](COC(=O)C2NCCc3cc(OCCO)c(OC)cc32)c2c(C)c(OC(C)=O)c(C)c3c2OCO3)C1CSC. The predicted octanol–water partition coefficient (Wildman–Crippen LogP) is 4.95. The number of phenols is 1. The average molecular weight is 930 g/mol. The molecule has 2 unspecified atom stereocenters. The number of esters is 2. The summed E-state index contributed by atoms with van der Waals surface area (Å²) in [7, 11) is 4.97. The van der Waals surface area contributed by atoms with Gasteiger partial charge in [-0.05, 0) is 94.3 Å². The lowest BCUT2D eigenvalue weighted by Gasteiger charge is -2.44. The molecule has 3 aromatic carbocycles. The van der Waals surface area contributed by atoms with Gasteiger partial charge in [0.1, 0.15) is 25.0 Å². The Morgan fingerprint density at radius 1 is 0.938 bits per heavy atom. The number of hydrogen-bond acceptors (Lipinski definition) is 17. The second-order valence-corrected chi connectivity index (χ2v) is 16.4. The van der Waals surface area contributed by atoms with Gasteiger partial charge in [0.15, 0.2) is 34.5 Å². The second-order valence-electron chi connectivity index (χ2n) is 15.5. The van der Waals surface area contributed by atoms with Gasteiger partial charge < -0.3 is 64.2 Å². The highest BCUT2D eigenvalue weighted by Gasteiger charge is 2.42. The van der Waals surface area contributed by atoms with Crippen molar-refractivity contribution in [3.8, 4) is 40.2 Å². The maximum absolute atomic E-state index is 14.4. The quantitative estimate of drug-likeness (QED) is 0.0925. The van der Waals surface area contributed by atoms with E-state index < -0.39 is 36.0 Å². The maximum Gasteiger partial charge on any atom is 0.327 e. The molecule has 3 aliphatic heterocycles. The van der Waals surface area contributed by atoms with Crippen molar-refractivity contribution < 1.29 is 72.8 Å². The van der Waals surface area contributed by atoms with Crippen LogP contribution >= 0.6 is 11.8 Å². The number of likely N-dealkylation sites (N-methyl/N-ethyl adjacent to an activating group) is 1. The number of ether oxygens (including phenoxy) is 7. The number of benzene rings is 3. The van der Waals surface area contributed by atoms with Crippen LogP contribution in [0.15, 0.2) is 18.2 Å². The lowest BCUT2D eigenvalue weighted by atomic mass is 9.85. The molecule has 358 valence electrons. The van der Waals surface area contributed by atoms with Crippen molar-refractivity contribution in [1.29, 1.82) is 0 Å². The van der Waals surface area contributed by atoms with Crippen LogP contribution in [0.2, 0.25) is 0 Å². The van der Waals surface area contributed by atoms with Crippen LogP contribution in [0.3, 0.4) is 0 Å². The highest BCUT2D eigenvalue weighted by atomic mass is 32.2. The second kappa shape index (κ2) is 24.2. The predicted molar refractivity (Wildman–Crippen MR) is 242 cm³/mol. The van der Waals surface area contributed by atoms with Crippen LogP contribution in [-0.4, -0.2) is 128 Å². The number of thioether (sulfide) groups is 1. The van der Waals surface area contributed by atoms with E-state index in [2.05, 4.69) is 21.6 Å². The molecule has 0 radical (unpaired) electrons. The molecule has 0 aromatic heterocycles. The monoisotopic (exact) mass is 929 g/mol. The normalized spacial score (nSPS) is 17.8. The number of aliphatic hydroxyl groups excluding tert-OH is 1. The van der Waals surface area contributed by atoms with Gasteiger partial charge >= 0.3 is 11.9 Å². The van der Waals surface area contributed by atoms with Crippen molar-refractivity contribution in [2.75, 3.05) is 73.0 Å². The Kier molecular flexibility index (Phi) is 19.4. The molecule has 6 rings (SSSR count). The Balaban J connectivity index is 0.00000107. The number of aromatic hydroxyl groups is 1. The summed E-state index contributed by atoms with van der Waals surface area (Å²) in [5, 5.41) is 42.9. The number of phenolic OH excluding ortho intramolecular Hbond substituents is 1. The molecule has 6 N–H and O–H groups in total. The number of aliphatic carboxylic acids is 2. The number of carboxylic acids is 2. The Hall–Kier alpha value is -5.47. The standard InChI is InChI=1S/C42H55N3O11S.2C2H4O2/c1-22-16-27-10-9-13-45(30(20-57-8)36(43-5)34(27)37(48)38(22)51-7)29(33-23(2)39(56-25(4)47)24(3)40-41(33)55-21-54-40)19-53-42(49)35-28-18-31(50-6)32(52-15-14-46)17-26(28)11-12-44-35;2*1-2(3)4/h16-18,29-30,35-36,43-44,46,48H,9-15,19-21H2,1-8H3;2*1H3,(H,3,4)/t29-,30?,35?,36-;;/m0../s1. The van der Waals surface area contributed by atoms with Gasteiger partial charge in [-0.25, -0.2) is 4.79 Å². The number of carbonyl (C=O) groups excluding carboxylic acids is 2. The summed E-state index contributed by atoms with van der Waals surface area (Å²) >= 11 is 1.67. The lowest BCUT2D eigenvalue weighted by Crippen LogP contribution is -2.50. The minimum atomic E-state index is -0.833. The van der Waals surface area contributed by atoms with Gasteiger partial charge in [0.25, 0.3) is 11.9 Å². The third-order valence-corrected chi connectivity index (χ3v) is 11.8. The van der Waals surface area contributed by atoms with Crippen molar-refractivity contribution in [1.82, 2.24) is 15.5 Å². The number of nitrogens with one attached hydrogen (secondary N) is 2. The molecule has 0 saturated carbocycles. The van der Waals surface area contributed by atoms with E-state index in [0.717, 1.165) is 48.1 Å². The van der Waals surface area contributed by atoms with E-state index in [1.54, 1.807) is 24.9 Å². The van der Waals surface area contributed by atoms with Crippen molar-refractivity contribution in [2.24, 2.45) is 0 Å². The number of aryl methyl sites for hydroxylation is 2. The average Bonchev–Trinajstić information content (AvgIpc) is 3.73. The lowest BCUT2D eigenvalue weighted by molar-refractivity contribution is -0.149. The highest BCUT2D eigenvalue weighted by Crippen LogP contribution is 2.51. The summed E-state index contributed by atoms with van der Waals surface area (Å²) in [6.45, 7) is 10.2. The maximum atomic E-state index is 14.4. The number of carbonyl (C=O) groups is 4. The molecule has 4 atom stereocenters. The topological polar surface area (TPSA) is 241 Å². The first-order valence-corrected chi connectivity index (χ1v) is 22.5. The first kappa shape index (κ1) is 52.2. The number of methoxy groups -OCH3 is 2. The van der Waals surface area contributed by atoms with E-state index in [9.17, 15) is 19.8 Å². The zero-order chi connectivity index (χ0) is 48.1. The minimum Gasteiger partial charge on any atom is -0.504 e. The van der Waals surface area contributed by atoms with Gasteiger partial charge in [-0.15, -0.1) is 0 Å². The summed E-state index contributed by atoms with van der Waals surface area (Å²) in [4.78, 5) is 47.2. The molecular weight excluding hydrogens is 867 g/mol. The van der Waals surface area contributed by atoms with E-state index in [1.807, 2.05) is 40.1 Å². The number of nitrogens with zero attached hydrogens (tertiary/aromatic N) is 1. The zero-order valence-electron chi connectivity index (χ0n) is 38.7. The van der Waals surface area contributed by atoms with Crippen LogP contribution in [0.1, 0.15) is 89.8 Å². The Morgan fingerprint density at radius 2 is 1.62 bits per heavy atom. The molecular formula is C46H63N3O15S. The molecule has 18 nitrogen and oxygen atoms in total. The van der Waals surface area contributed by atoms with Crippen LogP contribution in [-0.2, 0) is 36.8 Å². The molecule has 0 aliphatic carbocycles. The Morgan fingerprint density at radius 3 is 2.22 bits per heavy atom. The van der Waals surface area contributed by atoms with Gasteiger partial charge in [0.05, 0.1) is 32.9 Å². The van der Waals surface area contributed by atoms with Crippen molar-refractivity contribution in [2.45, 2.75) is 85.0 Å². The summed E-state index contributed by atoms with van der Waals surface area (Å²) in [6.07, 6.45) is 4.10. The molecule has 0 saturated heterocycles. The van der Waals surface area contributed by atoms with E-state index >= 15 is 0 Å². The minimum absolute atomic E-state index is 0.0267. The van der Waals surface area contributed by atoms with Crippen LogP contribution in [0.25, 0.3) is 0 Å². The summed E-state index contributed by atoms with van der Waals surface area (Å²) < 4.78 is 41.5. The van der Waals surface area contributed by atoms with Crippen LogP contribution in [0, 0.1) is 20.8 Å². The van der Waals surface area contributed by atoms with Crippen molar-refractivity contribution in [3.63, 3.8) is 0 Å². The van der Waals surface area contributed by atoms with E-state index in [1.165, 1.54) is 14.0 Å². The van der Waals surface area contributed by atoms with Crippen molar-refractivity contribution >= 4 is 35.6 Å². The fourth-order valence-corrected chi connectivity index (χ4v) is 9.41. The summed E-state index contributed by atoms with van der Waals surface area (Å²) in [5.41, 5.74) is 6.29. The van der Waals surface area contributed by atoms with Gasteiger partial charge in [-0.3, -0.25) is 19.3 Å². The van der Waals surface area contributed by atoms with E-state index in [-0.39, 0.29) is 44.4 Å². The number of rotatable bonds is 14. The molecule has 0 spiro atoms. The highest BCUT2D eigenvalue weighted by molar-refractivity contribution is 7.98. The molecule has 3 aliphatic rings. The smallest absolute Gasteiger partial charge is 0.327 e. The van der Waals surface area contributed by atoms with E-state index in [0.29, 0.717) is 82.9 Å². The van der Waals surface area contributed by atoms with Gasteiger partial charge in [-0.2, -0.15) is 11.8 Å². The molecule has 0 amide bonds. The zero-order valence-corrected chi connectivity index (χ0v) is 39.6. The Labute approximate surface area is 383 Å². The number of hydrogen-bond donors (Lipinski definition) is 6. The molecule has 0 fully saturated rings. The molecule has 3 aromatic rings. The third kappa shape index (κ3) is 12.5. The van der Waals surface area contributed by atoms with E-state index in [4.69, 9.17) is 53.0 Å². The number of carboxylic acid groups (broad SMARTS) is 2. The fraction of sp³-hybridized carbons (Fsp3) is 0.522. The van der Waals surface area contributed by atoms with Crippen molar-refractivity contribution in [3.05, 3.63) is 62.7 Å². The third-order valence-electron chi connectivity index (χ3n) is 11.1. The molecule has 65 heavy (non-hydrogen) atoms. The van der Waals surface area contributed by atoms with Gasteiger partial charge in [0.2, 0.25) is 6.79 Å². The summed E-state index contributed by atoms with van der Waals surface area (Å²) in [5.74, 6) is 0.838. The number of aliphatic hydroxyl groups is 1. The molecule has 0 bridgehead atoms. The molecule has 19 heteroatoms. The number of fused-ring (bicyclic) bond motifs is 3. The fourth-order valence-electron chi connectivity index (χ4n) is 8.69. The van der Waals surface area contributed by atoms with Crippen LogP contribution in [0.4, 0.5) is 0 Å². The summed E-state index contributed by atoms with van der Waals surface area (Å²) in [6, 6.07) is 3.71. The van der Waals surface area contributed by atoms with Gasteiger partial charge in [-0.1, -0.05) is 6.07 Å². The first-order chi connectivity index (χ1) is 30.9. The van der Waals surface area contributed by atoms with Crippen LogP contribution < -0.4 is 39.1 Å². The molecule has 3 heterocycles. The van der Waals surface area contributed by atoms with Crippen LogP contribution in [0.5, 0.6) is 40.2 Å². The van der Waals surface area contributed by atoms with Gasteiger partial charge in [0, 0.05) is 61.4 Å². The first-order valence-electron chi connectivity index (χ1n) is 21.1. The Bertz CT molecular complexity index is 2160.